The Morgan fingerprint density at radius 1 is 1.29 bits per heavy atom. The highest BCUT2D eigenvalue weighted by Gasteiger charge is 2.17. The van der Waals surface area contributed by atoms with Crippen molar-refractivity contribution < 1.29 is 14.3 Å². The molecule has 21 heavy (non-hydrogen) atoms. The minimum absolute atomic E-state index is 0.00149. The van der Waals surface area contributed by atoms with E-state index in [0.717, 1.165) is 21.5 Å². The average molecular weight is 357 g/mol. The molecule has 0 saturated heterocycles. The van der Waals surface area contributed by atoms with Gasteiger partial charge in [0.1, 0.15) is 13.2 Å². The van der Waals surface area contributed by atoms with E-state index in [1.807, 2.05) is 32.9 Å². The van der Waals surface area contributed by atoms with Gasteiger partial charge < -0.3 is 20.1 Å². The molecule has 6 heteroatoms. The van der Waals surface area contributed by atoms with Crippen LogP contribution in [0.15, 0.2) is 16.6 Å². The third kappa shape index (κ3) is 4.35. The van der Waals surface area contributed by atoms with Crippen molar-refractivity contribution in [3.8, 4) is 11.5 Å². The van der Waals surface area contributed by atoms with Crippen molar-refractivity contribution in [1.29, 1.82) is 0 Å². The summed E-state index contributed by atoms with van der Waals surface area (Å²) in [5, 5.41) is 6.09. The van der Waals surface area contributed by atoms with Crippen LogP contribution < -0.4 is 20.1 Å². The highest BCUT2D eigenvalue weighted by molar-refractivity contribution is 9.10. The van der Waals surface area contributed by atoms with Crippen LogP contribution in [0.25, 0.3) is 0 Å². The predicted octanol–water partition coefficient (Wildman–Crippen LogP) is 2.22. The summed E-state index contributed by atoms with van der Waals surface area (Å²) in [5.41, 5.74) is 1.04. The monoisotopic (exact) mass is 356 g/mol. The zero-order valence-electron chi connectivity index (χ0n) is 12.5. The van der Waals surface area contributed by atoms with Crippen LogP contribution in [0.4, 0.5) is 0 Å². The summed E-state index contributed by atoms with van der Waals surface area (Å²) < 4.78 is 12.0. The van der Waals surface area contributed by atoms with Crippen molar-refractivity contribution in [3.05, 3.63) is 22.2 Å². The fraction of sp³-hybridized carbons (Fsp3) is 0.533. The molecule has 1 aromatic carbocycles. The molecule has 0 fully saturated rings. The summed E-state index contributed by atoms with van der Waals surface area (Å²) in [4.78, 5) is 11.8. The van der Waals surface area contributed by atoms with Crippen molar-refractivity contribution in [2.24, 2.45) is 0 Å². The second-order valence-corrected chi connectivity index (χ2v) is 6.22. The highest BCUT2D eigenvalue weighted by atomic mass is 79.9. The molecule has 0 bridgehead atoms. The summed E-state index contributed by atoms with van der Waals surface area (Å²) in [6, 6.07) is 3.82. The van der Waals surface area contributed by atoms with Crippen LogP contribution in [0, 0.1) is 0 Å². The molecule has 1 unspecified atom stereocenters. The number of carbonyl (C=O) groups is 1. The first-order valence-electron chi connectivity index (χ1n) is 7.09. The van der Waals surface area contributed by atoms with E-state index in [4.69, 9.17) is 9.47 Å². The quantitative estimate of drug-likeness (QED) is 0.849. The van der Waals surface area contributed by atoms with Crippen LogP contribution in [0.1, 0.15) is 26.3 Å². The lowest BCUT2D eigenvalue weighted by Gasteiger charge is -2.21. The third-order valence-electron chi connectivity index (χ3n) is 3.09. The van der Waals surface area contributed by atoms with Crippen molar-refractivity contribution in [1.82, 2.24) is 10.6 Å². The van der Waals surface area contributed by atoms with E-state index in [1.54, 1.807) is 0 Å². The maximum Gasteiger partial charge on any atom is 0.237 e. The standard InChI is InChI=1S/C15H21BrN2O3/c1-9(2)18-15(19)10(3)17-8-11-6-12(16)14-13(7-11)20-4-5-21-14/h6-7,9-10,17H,4-5,8H2,1-3H3,(H,18,19). The lowest BCUT2D eigenvalue weighted by atomic mass is 10.1. The number of hydrogen-bond acceptors (Lipinski definition) is 4. The molecular weight excluding hydrogens is 336 g/mol. The molecule has 0 aliphatic carbocycles. The van der Waals surface area contributed by atoms with E-state index in [9.17, 15) is 4.79 Å². The molecule has 1 atom stereocenters. The number of amides is 1. The van der Waals surface area contributed by atoms with Gasteiger partial charge in [-0.3, -0.25) is 4.79 Å². The van der Waals surface area contributed by atoms with Gasteiger partial charge in [0.05, 0.1) is 10.5 Å². The number of ether oxygens (including phenoxy) is 2. The minimum Gasteiger partial charge on any atom is -0.486 e. The van der Waals surface area contributed by atoms with E-state index >= 15 is 0 Å². The van der Waals surface area contributed by atoms with Crippen molar-refractivity contribution >= 4 is 21.8 Å². The Balaban J connectivity index is 1.97. The molecule has 0 spiro atoms. The lowest BCUT2D eigenvalue weighted by molar-refractivity contribution is -0.123. The van der Waals surface area contributed by atoms with E-state index < -0.39 is 0 Å². The fourth-order valence-electron chi connectivity index (χ4n) is 2.04. The largest absolute Gasteiger partial charge is 0.486 e. The molecule has 1 heterocycles. The topological polar surface area (TPSA) is 59.6 Å². The zero-order chi connectivity index (χ0) is 15.4. The smallest absolute Gasteiger partial charge is 0.237 e. The van der Waals surface area contributed by atoms with Gasteiger partial charge in [-0.2, -0.15) is 0 Å². The summed E-state index contributed by atoms with van der Waals surface area (Å²) in [6.07, 6.45) is 0. The summed E-state index contributed by atoms with van der Waals surface area (Å²) in [6.45, 7) is 7.46. The van der Waals surface area contributed by atoms with Gasteiger partial charge in [-0.05, 0) is 54.4 Å². The Hall–Kier alpha value is -1.27. The third-order valence-corrected chi connectivity index (χ3v) is 3.68. The highest BCUT2D eigenvalue weighted by Crippen LogP contribution is 2.38. The molecule has 0 radical (unpaired) electrons. The molecule has 1 aliphatic heterocycles. The molecular formula is C15H21BrN2O3. The van der Waals surface area contributed by atoms with Gasteiger partial charge in [-0.15, -0.1) is 0 Å². The van der Waals surface area contributed by atoms with Gasteiger partial charge in [0, 0.05) is 12.6 Å². The van der Waals surface area contributed by atoms with E-state index in [-0.39, 0.29) is 18.0 Å². The molecule has 2 rings (SSSR count). The lowest BCUT2D eigenvalue weighted by Crippen LogP contribution is -2.44. The fourth-order valence-corrected chi connectivity index (χ4v) is 2.64. The van der Waals surface area contributed by atoms with Crippen molar-refractivity contribution in [2.75, 3.05) is 13.2 Å². The normalized spacial score (nSPS) is 14.9. The molecule has 1 aliphatic rings. The summed E-state index contributed by atoms with van der Waals surface area (Å²) >= 11 is 3.49. The number of halogens is 1. The number of rotatable bonds is 5. The van der Waals surface area contributed by atoms with E-state index in [2.05, 4.69) is 26.6 Å². The van der Waals surface area contributed by atoms with Gasteiger partial charge >= 0.3 is 0 Å². The van der Waals surface area contributed by atoms with Crippen LogP contribution in [-0.4, -0.2) is 31.2 Å². The first-order valence-corrected chi connectivity index (χ1v) is 7.88. The Bertz CT molecular complexity index is 520. The SMILES string of the molecule is CC(C)NC(=O)C(C)NCc1cc(Br)c2c(c1)OCCO2. The van der Waals surface area contributed by atoms with Gasteiger partial charge in [-0.25, -0.2) is 0 Å². The number of carbonyl (C=O) groups excluding carboxylic acids is 1. The Kier molecular flexibility index (Phi) is 5.47. The van der Waals surface area contributed by atoms with Gasteiger partial charge in [0.2, 0.25) is 5.91 Å². The molecule has 1 aromatic rings. The number of nitrogens with one attached hydrogen (secondary N) is 2. The van der Waals surface area contributed by atoms with Crippen LogP contribution in [0.2, 0.25) is 0 Å². The molecule has 0 aromatic heterocycles. The van der Waals surface area contributed by atoms with E-state index in [0.29, 0.717) is 19.8 Å². The summed E-state index contributed by atoms with van der Waals surface area (Å²) in [5.74, 6) is 1.49. The molecule has 1 amide bonds. The van der Waals surface area contributed by atoms with Crippen LogP contribution in [0.5, 0.6) is 11.5 Å². The number of benzene rings is 1. The molecule has 0 saturated carbocycles. The maximum absolute atomic E-state index is 11.8. The second-order valence-electron chi connectivity index (χ2n) is 5.37. The predicted molar refractivity (Wildman–Crippen MR) is 84.7 cm³/mol. The van der Waals surface area contributed by atoms with Gasteiger partial charge in [-0.1, -0.05) is 0 Å². The van der Waals surface area contributed by atoms with E-state index in [1.165, 1.54) is 0 Å². The zero-order valence-corrected chi connectivity index (χ0v) is 14.1. The van der Waals surface area contributed by atoms with Gasteiger partial charge in [0.25, 0.3) is 0 Å². The van der Waals surface area contributed by atoms with Gasteiger partial charge in [0.15, 0.2) is 11.5 Å². The first-order chi connectivity index (χ1) is 9.97. The number of fused-ring (bicyclic) bond motifs is 1. The molecule has 2 N–H and O–H groups in total. The molecule has 116 valence electrons. The Morgan fingerprint density at radius 2 is 2.00 bits per heavy atom. The van der Waals surface area contributed by atoms with Crippen molar-refractivity contribution in [2.45, 2.75) is 39.4 Å². The summed E-state index contributed by atoms with van der Waals surface area (Å²) in [7, 11) is 0. The van der Waals surface area contributed by atoms with Crippen LogP contribution in [0.3, 0.4) is 0 Å². The average Bonchev–Trinajstić information content (AvgIpc) is 2.44. The Labute approximate surface area is 133 Å². The number of hydrogen-bond donors (Lipinski definition) is 2. The Morgan fingerprint density at radius 3 is 2.71 bits per heavy atom. The second kappa shape index (κ2) is 7.13. The van der Waals surface area contributed by atoms with Crippen LogP contribution in [-0.2, 0) is 11.3 Å². The van der Waals surface area contributed by atoms with Crippen molar-refractivity contribution in [3.63, 3.8) is 0 Å². The molecule has 5 nitrogen and oxygen atoms in total. The minimum atomic E-state index is -0.251. The first kappa shape index (κ1) is 16.1. The maximum atomic E-state index is 11.8. The van der Waals surface area contributed by atoms with Crippen LogP contribution >= 0.6 is 15.9 Å².